The number of hydrogen-bond donors (Lipinski definition) is 1. The number of amides is 1. The molecule has 22 heavy (non-hydrogen) atoms. The minimum atomic E-state index is -0.342. The average molecular weight is 409 g/mol. The maximum absolute atomic E-state index is 12.3. The van der Waals surface area contributed by atoms with E-state index in [-0.39, 0.29) is 11.5 Å². The molecule has 0 aliphatic carbocycles. The zero-order valence-electron chi connectivity index (χ0n) is 12.9. The molecule has 0 atom stereocenters. The summed E-state index contributed by atoms with van der Waals surface area (Å²) in [6.45, 7) is 5.99. The lowest BCUT2D eigenvalue weighted by molar-refractivity contribution is -0.112. The van der Waals surface area contributed by atoms with Crippen molar-refractivity contribution >= 4 is 34.2 Å². The van der Waals surface area contributed by atoms with Gasteiger partial charge in [-0.05, 0) is 72.0 Å². The van der Waals surface area contributed by atoms with E-state index < -0.39 is 0 Å². The highest BCUT2D eigenvalue weighted by Crippen LogP contribution is 2.19. The van der Waals surface area contributed by atoms with Gasteiger partial charge in [0.25, 0.3) is 5.91 Å². The van der Waals surface area contributed by atoms with Crippen LogP contribution in [0.4, 0.5) is 5.69 Å². The van der Waals surface area contributed by atoms with Crippen molar-refractivity contribution in [2.75, 3.05) is 18.4 Å². The van der Waals surface area contributed by atoms with Gasteiger partial charge in [-0.1, -0.05) is 6.92 Å². The number of aryl methyl sites for hydroxylation is 1. The lowest BCUT2D eigenvalue weighted by Crippen LogP contribution is -2.29. The number of carbonyl (C=O) groups excluding carboxylic acids is 1. The highest BCUT2D eigenvalue weighted by atomic mass is 127. The number of carbonyl (C=O) groups is 1. The molecule has 0 spiro atoms. The van der Waals surface area contributed by atoms with Crippen LogP contribution in [0.15, 0.2) is 30.0 Å². The predicted octanol–water partition coefficient (Wildman–Crippen LogP) is 3.68. The van der Waals surface area contributed by atoms with Crippen LogP contribution in [0.25, 0.3) is 0 Å². The first kappa shape index (κ1) is 16.8. The first-order chi connectivity index (χ1) is 10.5. The summed E-state index contributed by atoms with van der Waals surface area (Å²) in [5.74, 6) is 0.379. The monoisotopic (exact) mass is 409 g/mol. The van der Waals surface area contributed by atoms with E-state index in [2.05, 4.69) is 39.7 Å². The summed E-state index contributed by atoms with van der Waals surface area (Å²) in [4.78, 5) is 14.4. The molecule has 1 fully saturated rings. The molecule has 0 aromatic heterocycles. The number of hydrogen-bond acceptors (Lipinski definition) is 3. The minimum absolute atomic E-state index is 0.160. The van der Waals surface area contributed by atoms with E-state index in [1.165, 1.54) is 0 Å². The Morgan fingerprint density at radius 2 is 2.14 bits per heavy atom. The van der Waals surface area contributed by atoms with Crippen molar-refractivity contribution < 1.29 is 4.79 Å². The van der Waals surface area contributed by atoms with Gasteiger partial charge in [0.2, 0.25) is 0 Å². The van der Waals surface area contributed by atoms with Gasteiger partial charge >= 0.3 is 0 Å². The molecule has 1 aliphatic heterocycles. The van der Waals surface area contributed by atoms with E-state index in [0.717, 1.165) is 46.7 Å². The summed E-state index contributed by atoms with van der Waals surface area (Å²) < 4.78 is 1.12. The van der Waals surface area contributed by atoms with Gasteiger partial charge in [-0.3, -0.25) is 4.79 Å². The Bertz CT molecular complexity index is 625. The Morgan fingerprint density at radius 1 is 1.45 bits per heavy atom. The Kier molecular flexibility index (Phi) is 5.83. The second-order valence-corrected chi connectivity index (χ2v) is 7.03. The fourth-order valence-corrected chi connectivity index (χ4v) is 3.08. The molecule has 1 aliphatic rings. The summed E-state index contributed by atoms with van der Waals surface area (Å²) in [5, 5.41) is 12.1. The molecule has 1 aromatic carbocycles. The topological polar surface area (TPSA) is 56.1 Å². The van der Waals surface area contributed by atoms with Crippen LogP contribution in [-0.4, -0.2) is 23.9 Å². The second-order valence-electron chi connectivity index (χ2n) is 5.79. The van der Waals surface area contributed by atoms with E-state index in [1.807, 2.05) is 31.2 Å². The number of piperidine rings is 1. The number of anilines is 1. The van der Waals surface area contributed by atoms with Gasteiger partial charge in [-0.2, -0.15) is 5.26 Å². The second kappa shape index (κ2) is 7.63. The van der Waals surface area contributed by atoms with Crippen LogP contribution < -0.4 is 5.32 Å². The number of halogens is 1. The first-order valence-corrected chi connectivity index (χ1v) is 8.51. The van der Waals surface area contributed by atoms with Crippen molar-refractivity contribution in [1.29, 1.82) is 5.26 Å². The average Bonchev–Trinajstić information content (AvgIpc) is 2.49. The zero-order chi connectivity index (χ0) is 16.1. The molecule has 0 unspecified atom stereocenters. The van der Waals surface area contributed by atoms with Crippen molar-refractivity contribution in [2.45, 2.75) is 26.7 Å². The molecule has 116 valence electrons. The quantitative estimate of drug-likeness (QED) is 0.471. The van der Waals surface area contributed by atoms with Crippen molar-refractivity contribution in [3.8, 4) is 6.07 Å². The summed E-state index contributed by atoms with van der Waals surface area (Å²) in [6.07, 6.45) is 3.91. The Morgan fingerprint density at radius 3 is 2.73 bits per heavy atom. The van der Waals surface area contributed by atoms with Crippen LogP contribution >= 0.6 is 22.6 Å². The van der Waals surface area contributed by atoms with E-state index in [4.69, 9.17) is 0 Å². The van der Waals surface area contributed by atoms with Gasteiger partial charge in [0.15, 0.2) is 0 Å². The minimum Gasteiger partial charge on any atom is -0.376 e. The van der Waals surface area contributed by atoms with E-state index >= 15 is 0 Å². The van der Waals surface area contributed by atoms with E-state index in [9.17, 15) is 10.1 Å². The van der Waals surface area contributed by atoms with Crippen LogP contribution in [0.1, 0.15) is 25.3 Å². The number of nitriles is 1. The molecule has 1 amide bonds. The summed E-state index contributed by atoms with van der Waals surface area (Å²) in [5.41, 5.74) is 1.90. The van der Waals surface area contributed by atoms with Crippen molar-refractivity contribution in [3.63, 3.8) is 0 Å². The van der Waals surface area contributed by atoms with Gasteiger partial charge in [-0.25, -0.2) is 0 Å². The van der Waals surface area contributed by atoms with Gasteiger partial charge in [0.1, 0.15) is 11.6 Å². The Labute approximate surface area is 145 Å². The molecule has 1 aromatic rings. The lowest BCUT2D eigenvalue weighted by atomic mass is 9.99. The summed E-state index contributed by atoms with van der Waals surface area (Å²) in [6, 6.07) is 7.82. The molecule has 0 radical (unpaired) electrons. The van der Waals surface area contributed by atoms with Crippen LogP contribution in [0, 0.1) is 27.7 Å². The fraction of sp³-hybridized carbons (Fsp3) is 0.412. The third-order valence-electron chi connectivity index (χ3n) is 3.93. The number of likely N-dealkylation sites (tertiary alicyclic amines) is 1. The van der Waals surface area contributed by atoms with E-state index in [0.29, 0.717) is 0 Å². The van der Waals surface area contributed by atoms with E-state index in [1.54, 1.807) is 6.20 Å². The summed E-state index contributed by atoms with van der Waals surface area (Å²) in [7, 11) is 0. The van der Waals surface area contributed by atoms with Crippen LogP contribution in [0.3, 0.4) is 0 Å². The largest absolute Gasteiger partial charge is 0.376 e. The third-order valence-corrected chi connectivity index (χ3v) is 4.60. The van der Waals surface area contributed by atoms with Gasteiger partial charge in [-0.15, -0.1) is 0 Å². The van der Waals surface area contributed by atoms with Crippen LogP contribution in [-0.2, 0) is 4.79 Å². The first-order valence-electron chi connectivity index (χ1n) is 7.43. The molecular weight excluding hydrogens is 389 g/mol. The molecule has 1 saturated heterocycles. The number of rotatable bonds is 3. The molecule has 1 N–H and O–H groups in total. The van der Waals surface area contributed by atoms with Gasteiger partial charge in [0.05, 0.1) is 0 Å². The molecule has 1 heterocycles. The molecular formula is C17H20IN3O. The Balaban J connectivity index is 2.07. The molecule has 0 saturated carbocycles. The Hall–Kier alpha value is -1.55. The highest BCUT2D eigenvalue weighted by Gasteiger charge is 2.16. The third kappa shape index (κ3) is 4.47. The maximum Gasteiger partial charge on any atom is 0.267 e. The van der Waals surface area contributed by atoms with Crippen molar-refractivity contribution in [2.24, 2.45) is 5.92 Å². The maximum atomic E-state index is 12.3. The molecule has 2 rings (SSSR count). The molecule has 4 nitrogen and oxygen atoms in total. The number of benzene rings is 1. The SMILES string of the molecule is Cc1cc(I)ccc1NC(=O)/C(C#N)=C\N1CCC(C)CC1. The smallest absolute Gasteiger partial charge is 0.267 e. The molecule has 5 heteroatoms. The predicted molar refractivity (Wildman–Crippen MR) is 96.2 cm³/mol. The van der Waals surface area contributed by atoms with Crippen LogP contribution in [0.2, 0.25) is 0 Å². The zero-order valence-corrected chi connectivity index (χ0v) is 15.1. The normalized spacial score (nSPS) is 16.3. The van der Waals surface area contributed by atoms with Gasteiger partial charge < -0.3 is 10.2 Å². The standard InChI is InChI=1S/C17H20IN3O/c1-12-5-7-21(8-6-12)11-14(10-19)17(22)20-16-4-3-15(18)9-13(16)2/h3-4,9,11-12H,5-8H2,1-2H3,(H,20,22)/b14-11-. The summed E-state index contributed by atoms with van der Waals surface area (Å²) >= 11 is 2.23. The lowest BCUT2D eigenvalue weighted by Gasteiger charge is -2.29. The highest BCUT2D eigenvalue weighted by molar-refractivity contribution is 14.1. The number of nitrogens with zero attached hydrogens (tertiary/aromatic N) is 2. The van der Waals surface area contributed by atoms with Gasteiger partial charge in [0, 0.05) is 28.5 Å². The van der Waals surface area contributed by atoms with Crippen LogP contribution in [0.5, 0.6) is 0 Å². The molecule has 0 bridgehead atoms. The number of nitrogens with one attached hydrogen (secondary N) is 1. The van der Waals surface area contributed by atoms with Crippen molar-refractivity contribution in [1.82, 2.24) is 4.90 Å². The fourth-order valence-electron chi connectivity index (χ4n) is 2.44. The van der Waals surface area contributed by atoms with Crippen molar-refractivity contribution in [3.05, 3.63) is 39.1 Å².